The van der Waals surface area contributed by atoms with Gasteiger partial charge in [-0.05, 0) is 78.7 Å². The van der Waals surface area contributed by atoms with E-state index in [0.717, 1.165) is 5.56 Å². The van der Waals surface area contributed by atoms with Crippen molar-refractivity contribution in [3.05, 3.63) is 88.7 Å². The summed E-state index contributed by atoms with van der Waals surface area (Å²) in [6.07, 6.45) is 0.504. The van der Waals surface area contributed by atoms with Gasteiger partial charge >= 0.3 is 0 Å². The van der Waals surface area contributed by atoms with Crippen LogP contribution in [0.4, 0.5) is 15.8 Å². The number of hydrogen-bond acceptors (Lipinski definition) is 3. The van der Waals surface area contributed by atoms with Gasteiger partial charge in [0.1, 0.15) is 5.82 Å². The second-order valence-electron chi connectivity index (χ2n) is 6.97. The standard InChI is InChI=1S/C22H18ClFN2O3S/c1-25(19-7-5-18(24)6-8-19)22(27)16-2-11-21-15(14-16)12-13-26(21)30(28,29)20-9-3-17(23)4-10-20/h2-11,14H,12-13H2,1H3. The molecular weight excluding hydrogens is 427 g/mol. The predicted molar refractivity (Wildman–Crippen MR) is 115 cm³/mol. The Kier molecular flexibility index (Phi) is 5.26. The number of carbonyl (C=O) groups is 1. The molecule has 3 aromatic rings. The molecule has 4 rings (SSSR count). The topological polar surface area (TPSA) is 57.7 Å². The lowest BCUT2D eigenvalue weighted by molar-refractivity contribution is 0.0993. The van der Waals surface area contributed by atoms with Crippen LogP contribution in [0.15, 0.2) is 71.6 Å². The Labute approximate surface area is 179 Å². The van der Waals surface area contributed by atoms with Crippen LogP contribution in [0.3, 0.4) is 0 Å². The normalized spacial score (nSPS) is 13.2. The highest BCUT2D eigenvalue weighted by molar-refractivity contribution is 7.92. The number of benzene rings is 3. The first-order valence-electron chi connectivity index (χ1n) is 9.22. The largest absolute Gasteiger partial charge is 0.311 e. The molecule has 0 fully saturated rings. The van der Waals surface area contributed by atoms with Crippen LogP contribution >= 0.6 is 11.6 Å². The summed E-state index contributed by atoms with van der Waals surface area (Å²) in [5, 5.41) is 0.462. The minimum absolute atomic E-state index is 0.163. The third-order valence-corrected chi connectivity index (χ3v) is 7.18. The summed E-state index contributed by atoms with van der Waals surface area (Å²) < 4.78 is 40.5. The Balaban J connectivity index is 1.61. The van der Waals surface area contributed by atoms with Crippen LogP contribution in [0, 0.1) is 5.82 Å². The zero-order valence-corrected chi connectivity index (χ0v) is 17.6. The Hall–Kier alpha value is -2.90. The molecule has 0 atom stereocenters. The van der Waals surface area contributed by atoms with Gasteiger partial charge in [0.25, 0.3) is 15.9 Å². The molecule has 30 heavy (non-hydrogen) atoms. The first-order valence-corrected chi connectivity index (χ1v) is 11.0. The van der Waals surface area contributed by atoms with Crippen molar-refractivity contribution in [2.45, 2.75) is 11.3 Å². The zero-order chi connectivity index (χ0) is 21.5. The average Bonchev–Trinajstić information content (AvgIpc) is 3.17. The fraction of sp³-hybridized carbons (Fsp3) is 0.136. The maximum Gasteiger partial charge on any atom is 0.264 e. The van der Waals surface area contributed by atoms with Crippen LogP contribution in [-0.4, -0.2) is 27.9 Å². The fourth-order valence-electron chi connectivity index (χ4n) is 3.46. The van der Waals surface area contributed by atoms with Gasteiger partial charge in [-0.15, -0.1) is 0 Å². The van der Waals surface area contributed by atoms with E-state index in [1.165, 1.54) is 45.6 Å². The van der Waals surface area contributed by atoms with Crippen LogP contribution in [0.2, 0.25) is 5.02 Å². The number of amides is 1. The average molecular weight is 445 g/mol. The fourth-order valence-corrected chi connectivity index (χ4v) is 5.09. The van der Waals surface area contributed by atoms with Gasteiger partial charge in [0.05, 0.1) is 10.6 Å². The lowest BCUT2D eigenvalue weighted by atomic mass is 10.1. The van der Waals surface area contributed by atoms with Crippen molar-refractivity contribution in [2.75, 3.05) is 22.8 Å². The molecule has 0 bridgehead atoms. The van der Waals surface area contributed by atoms with Gasteiger partial charge in [0, 0.05) is 29.9 Å². The first-order chi connectivity index (χ1) is 14.3. The molecule has 0 N–H and O–H groups in total. The third kappa shape index (κ3) is 3.66. The molecule has 1 aliphatic heterocycles. The van der Waals surface area contributed by atoms with E-state index in [1.54, 1.807) is 37.4 Å². The zero-order valence-electron chi connectivity index (χ0n) is 16.0. The predicted octanol–water partition coefficient (Wildman–Crippen LogP) is 4.51. The quantitative estimate of drug-likeness (QED) is 0.595. The minimum Gasteiger partial charge on any atom is -0.311 e. The second kappa shape index (κ2) is 7.74. The van der Waals surface area contributed by atoms with E-state index in [0.29, 0.717) is 34.9 Å². The number of hydrogen-bond donors (Lipinski definition) is 0. The monoisotopic (exact) mass is 444 g/mol. The first kappa shape index (κ1) is 20.4. The number of carbonyl (C=O) groups excluding carboxylic acids is 1. The molecule has 8 heteroatoms. The minimum atomic E-state index is -3.72. The van der Waals surface area contributed by atoms with Gasteiger partial charge in [-0.2, -0.15) is 0 Å². The summed E-state index contributed by atoms with van der Waals surface area (Å²) in [6.45, 7) is 0.297. The van der Waals surface area contributed by atoms with Crippen molar-refractivity contribution in [1.29, 1.82) is 0 Å². The molecule has 0 saturated carbocycles. The SMILES string of the molecule is CN(C(=O)c1ccc2c(c1)CCN2S(=O)(=O)c1ccc(Cl)cc1)c1ccc(F)cc1. The van der Waals surface area contributed by atoms with Crippen LogP contribution < -0.4 is 9.21 Å². The second-order valence-corrected chi connectivity index (χ2v) is 9.26. The summed E-state index contributed by atoms with van der Waals surface area (Å²) >= 11 is 5.86. The van der Waals surface area contributed by atoms with Crippen molar-refractivity contribution in [3.63, 3.8) is 0 Å². The molecule has 0 saturated heterocycles. The summed E-state index contributed by atoms with van der Waals surface area (Å²) in [5.41, 5.74) is 2.34. The smallest absolute Gasteiger partial charge is 0.264 e. The van der Waals surface area contributed by atoms with Gasteiger partial charge < -0.3 is 4.90 Å². The highest BCUT2D eigenvalue weighted by atomic mass is 35.5. The number of nitrogens with zero attached hydrogens (tertiary/aromatic N) is 2. The summed E-state index contributed by atoms with van der Waals surface area (Å²) in [6, 6.07) is 16.7. The van der Waals surface area contributed by atoms with Crippen molar-refractivity contribution in [1.82, 2.24) is 0 Å². The molecule has 3 aromatic carbocycles. The van der Waals surface area contributed by atoms with E-state index < -0.39 is 10.0 Å². The Bertz CT molecular complexity index is 1210. The number of fused-ring (bicyclic) bond motifs is 1. The molecule has 0 aliphatic carbocycles. The van der Waals surface area contributed by atoms with E-state index >= 15 is 0 Å². The maximum absolute atomic E-state index is 13.1. The van der Waals surface area contributed by atoms with Gasteiger partial charge in [-0.25, -0.2) is 12.8 Å². The lowest BCUT2D eigenvalue weighted by Crippen LogP contribution is -2.29. The molecule has 1 heterocycles. The molecule has 154 valence electrons. The number of halogens is 2. The summed E-state index contributed by atoms with van der Waals surface area (Å²) in [5.74, 6) is -0.637. The Morgan fingerprint density at radius 2 is 1.70 bits per heavy atom. The van der Waals surface area contributed by atoms with Crippen LogP contribution in [-0.2, 0) is 16.4 Å². The highest BCUT2D eigenvalue weighted by Gasteiger charge is 2.31. The molecule has 1 aliphatic rings. The molecule has 0 radical (unpaired) electrons. The van der Waals surface area contributed by atoms with Crippen LogP contribution in [0.5, 0.6) is 0 Å². The molecule has 5 nitrogen and oxygen atoms in total. The van der Waals surface area contributed by atoms with Crippen LogP contribution in [0.25, 0.3) is 0 Å². The number of sulfonamides is 1. The van der Waals surface area contributed by atoms with Gasteiger partial charge in [0.15, 0.2) is 0 Å². The van der Waals surface area contributed by atoms with E-state index in [2.05, 4.69) is 0 Å². The van der Waals surface area contributed by atoms with E-state index in [-0.39, 0.29) is 16.6 Å². The van der Waals surface area contributed by atoms with Crippen molar-refractivity contribution < 1.29 is 17.6 Å². The lowest BCUT2D eigenvalue weighted by Gasteiger charge is -2.21. The Morgan fingerprint density at radius 3 is 2.37 bits per heavy atom. The van der Waals surface area contributed by atoms with E-state index in [1.807, 2.05) is 0 Å². The van der Waals surface area contributed by atoms with Crippen molar-refractivity contribution >= 4 is 38.9 Å². The maximum atomic E-state index is 13.1. The van der Waals surface area contributed by atoms with Crippen LogP contribution in [0.1, 0.15) is 15.9 Å². The number of anilines is 2. The third-order valence-electron chi connectivity index (χ3n) is 5.10. The molecule has 0 spiro atoms. The van der Waals surface area contributed by atoms with Gasteiger partial charge in [0.2, 0.25) is 0 Å². The van der Waals surface area contributed by atoms with Crippen molar-refractivity contribution in [2.24, 2.45) is 0 Å². The molecule has 0 unspecified atom stereocenters. The molecule has 0 aromatic heterocycles. The highest BCUT2D eigenvalue weighted by Crippen LogP contribution is 2.34. The van der Waals surface area contributed by atoms with Crippen molar-refractivity contribution in [3.8, 4) is 0 Å². The summed E-state index contributed by atoms with van der Waals surface area (Å²) in [4.78, 5) is 14.4. The van der Waals surface area contributed by atoms with Gasteiger partial charge in [-0.3, -0.25) is 9.10 Å². The van der Waals surface area contributed by atoms with Gasteiger partial charge in [-0.1, -0.05) is 11.6 Å². The van der Waals surface area contributed by atoms with E-state index in [4.69, 9.17) is 11.6 Å². The Morgan fingerprint density at radius 1 is 1.03 bits per heavy atom. The molecular formula is C22H18ClFN2O3S. The molecule has 1 amide bonds. The number of rotatable bonds is 4. The summed E-state index contributed by atoms with van der Waals surface area (Å²) in [7, 11) is -2.11. The van der Waals surface area contributed by atoms with E-state index in [9.17, 15) is 17.6 Å².